The maximum Gasteiger partial charge on any atom is 0.223 e. The molecule has 1 amide bonds. The van der Waals surface area contributed by atoms with Gasteiger partial charge in [-0.3, -0.25) is 4.79 Å². The van der Waals surface area contributed by atoms with Gasteiger partial charge in [-0.1, -0.05) is 58.8 Å². The van der Waals surface area contributed by atoms with Gasteiger partial charge in [0, 0.05) is 0 Å². The molecule has 3 heteroatoms. The predicted molar refractivity (Wildman–Crippen MR) is 78.6 cm³/mol. The quantitative estimate of drug-likeness (QED) is 0.710. The number of primary amides is 1. The standard InChI is InChI=1S/C16H31NO2/c1-3-12(4-2)11-15(18)14(16(17)19)10-13-8-6-5-7-9-13/h12-15,18H,3-11H2,1-2H3,(H2,17,19). The molecule has 0 aliphatic heterocycles. The smallest absolute Gasteiger partial charge is 0.223 e. The summed E-state index contributed by atoms with van der Waals surface area (Å²) in [6.07, 6.45) is 9.30. The van der Waals surface area contributed by atoms with E-state index >= 15 is 0 Å². The number of carbonyl (C=O) groups is 1. The molecule has 1 fully saturated rings. The highest BCUT2D eigenvalue weighted by molar-refractivity contribution is 5.77. The molecule has 0 saturated heterocycles. The van der Waals surface area contributed by atoms with Crippen LogP contribution in [0.4, 0.5) is 0 Å². The fourth-order valence-electron chi connectivity index (χ4n) is 3.37. The minimum absolute atomic E-state index is 0.316. The van der Waals surface area contributed by atoms with Gasteiger partial charge < -0.3 is 10.8 Å². The van der Waals surface area contributed by atoms with E-state index in [1.54, 1.807) is 0 Å². The number of aliphatic hydroxyl groups is 1. The van der Waals surface area contributed by atoms with Crippen LogP contribution >= 0.6 is 0 Å². The Morgan fingerprint density at radius 1 is 1.21 bits per heavy atom. The number of hydrogen-bond donors (Lipinski definition) is 2. The topological polar surface area (TPSA) is 63.3 Å². The van der Waals surface area contributed by atoms with Crippen LogP contribution in [0.15, 0.2) is 0 Å². The molecule has 3 N–H and O–H groups in total. The summed E-state index contributed by atoms with van der Waals surface area (Å²) >= 11 is 0. The summed E-state index contributed by atoms with van der Waals surface area (Å²) in [6.45, 7) is 4.28. The van der Waals surface area contributed by atoms with E-state index in [9.17, 15) is 9.90 Å². The van der Waals surface area contributed by atoms with Crippen molar-refractivity contribution >= 4 is 5.91 Å². The van der Waals surface area contributed by atoms with Gasteiger partial charge >= 0.3 is 0 Å². The monoisotopic (exact) mass is 269 g/mol. The van der Waals surface area contributed by atoms with Gasteiger partial charge in [-0.05, 0) is 24.7 Å². The van der Waals surface area contributed by atoms with Crippen LogP contribution in [0.2, 0.25) is 0 Å². The third-order valence-electron chi connectivity index (χ3n) is 4.87. The lowest BCUT2D eigenvalue weighted by atomic mass is 9.79. The minimum Gasteiger partial charge on any atom is -0.392 e. The Balaban J connectivity index is 2.52. The molecule has 1 aliphatic carbocycles. The van der Waals surface area contributed by atoms with Crippen LogP contribution in [0.5, 0.6) is 0 Å². The molecule has 0 aromatic heterocycles. The Morgan fingerprint density at radius 2 is 1.79 bits per heavy atom. The molecular formula is C16H31NO2. The van der Waals surface area contributed by atoms with Crippen LogP contribution in [-0.2, 0) is 4.79 Å². The fraction of sp³-hybridized carbons (Fsp3) is 0.938. The summed E-state index contributed by atoms with van der Waals surface area (Å²) in [7, 11) is 0. The van der Waals surface area contributed by atoms with E-state index in [4.69, 9.17) is 5.73 Å². The number of rotatable bonds is 8. The average molecular weight is 269 g/mol. The minimum atomic E-state index is -0.552. The second-order valence-corrected chi connectivity index (χ2v) is 6.23. The van der Waals surface area contributed by atoms with Gasteiger partial charge in [-0.25, -0.2) is 0 Å². The molecule has 1 rings (SSSR count). The molecule has 1 aliphatic rings. The van der Waals surface area contributed by atoms with E-state index < -0.39 is 6.10 Å². The van der Waals surface area contributed by atoms with Crippen molar-refractivity contribution in [2.75, 3.05) is 0 Å². The molecule has 3 nitrogen and oxygen atoms in total. The van der Waals surface area contributed by atoms with E-state index in [0.29, 0.717) is 18.3 Å². The molecule has 19 heavy (non-hydrogen) atoms. The molecular weight excluding hydrogens is 238 g/mol. The zero-order chi connectivity index (χ0) is 14.3. The van der Waals surface area contributed by atoms with E-state index in [0.717, 1.165) is 19.3 Å². The Morgan fingerprint density at radius 3 is 2.26 bits per heavy atom. The van der Waals surface area contributed by atoms with Gasteiger partial charge in [0.05, 0.1) is 12.0 Å². The van der Waals surface area contributed by atoms with Gasteiger partial charge in [0.25, 0.3) is 0 Å². The van der Waals surface area contributed by atoms with Crippen LogP contribution in [0.3, 0.4) is 0 Å². The molecule has 0 radical (unpaired) electrons. The first-order chi connectivity index (χ1) is 9.08. The molecule has 0 aromatic rings. The fourth-order valence-corrected chi connectivity index (χ4v) is 3.37. The van der Waals surface area contributed by atoms with Crippen molar-refractivity contribution < 1.29 is 9.90 Å². The molecule has 2 atom stereocenters. The highest BCUT2D eigenvalue weighted by atomic mass is 16.3. The number of carbonyl (C=O) groups excluding carboxylic acids is 1. The van der Waals surface area contributed by atoms with E-state index in [1.165, 1.54) is 32.1 Å². The number of aliphatic hydroxyl groups excluding tert-OH is 1. The summed E-state index contributed by atoms with van der Waals surface area (Å²) in [5, 5.41) is 10.3. The lowest BCUT2D eigenvalue weighted by Crippen LogP contribution is -2.36. The summed E-state index contributed by atoms with van der Waals surface area (Å²) in [5.41, 5.74) is 5.51. The zero-order valence-electron chi connectivity index (χ0n) is 12.6. The van der Waals surface area contributed by atoms with Gasteiger partial charge in [-0.15, -0.1) is 0 Å². The van der Waals surface area contributed by atoms with Crippen molar-refractivity contribution in [1.29, 1.82) is 0 Å². The largest absolute Gasteiger partial charge is 0.392 e. The summed E-state index contributed by atoms with van der Waals surface area (Å²) in [4.78, 5) is 11.6. The first-order valence-corrected chi connectivity index (χ1v) is 8.05. The first-order valence-electron chi connectivity index (χ1n) is 8.05. The van der Waals surface area contributed by atoms with Crippen LogP contribution in [-0.4, -0.2) is 17.1 Å². The van der Waals surface area contributed by atoms with Crippen molar-refractivity contribution in [2.45, 2.75) is 77.7 Å². The van der Waals surface area contributed by atoms with Gasteiger partial charge in [0.2, 0.25) is 5.91 Å². The Kier molecular flexibility index (Phi) is 7.44. The van der Waals surface area contributed by atoms with E-state index in [-0.39, 0.29) is 11.8 Å². The SMILES string of the molecule is CCC(CC)CC(O)C(CC1CCCCC1)C(N)=O. The van der Waals surface area contributed by atoms with Crippen molar-refractivity contribution in [3.8, 4) is 0 Å². The molecule has 0 bridgehead atoms. The predicted octanol–water partition coefficient (Wildman–Crippen LogP) is 3.25. The zero-order valence-corrected chi connectivity index (χ0v) is 12.6. The summed E-state index contributed by atoms with van der Waals surface area (Å²) in [5.74, 6) is 0.429. The average Bonchev–Trinajstić information content (AvgIpc) is 2.42. The highest BCUT2D eigenvalue weighted by Gasteiger charge is 2.29. The molecule has 1 saturated carbocycles. The van der Waals surface area contributed by atoms with Crippen LogP contribution in [0, 0.1) is 17.8 Å². The number of amides is 1. The normalized spacial score (nSPS) is 20.4. The maximum absolute atomic E-state index is 11.6. The Labute approximate surface area is 118 Å². The molecule has 0 aromatic carbocycles. The van der Waals surface area contributed by atoms with E-state index in [2.05, 4.69) is 13.8 Å². The van der Waals surface area contributed by atoms with Gasteiger partial charge in [-0.2, -0.15) is 0 Å². The molecule has 0 heterocycles. The maximum atomic E-state index is 11.6. The molecule has 0 spiro atoms. The number of hydrogen-bond acceptors (Lipinski definition) is 2. The number of nitrogens with two attached hydrogens (primary N) is 1. The van der Waals surface area contributed by atoms with Crippen LogP contribution < -0.4 is 5.73 Å². The second kappa shape index (κ2) is 8.57. The van der Waals surface area contributed by atoms with Crippen molar-refractivity contribution in [1.82, 2.24) is 0 Å². The molecule has 2 unspecified atom stereocenters. The van der Waals surface area contributed by atoms with Crippen LogP contribution in [0.25, 0.3) is 0 Å². The van der Waals surface area contributed by atoms with Crippen molar-refractivity contribution in [2.24, 2.45) is 23.5 Å². The molecule has 112 valence electrons. The lowest BCUT2D eigenvalue weighted by Gasteiger charge is -2.29. The van der Waals surface area contributed by atoms with Crippen molar-refractivity contribution in [3.63, 3.8) is 0 Å². The first kappa shape index (κ1) is 16.5. The Hall–Kier alpha value is -0.570. The lowest BCUT2D eigenvalue weighted by molar-refractivity contribution is -0.126. The van der Waals surface area contributed by atoms with Gasteiger partial charge in [0.15, 0.2) is 0 Å². The Bertz CT molecular complexity index is 257. The summed E-state index contributed by atoms with van der Waals surface area (Å²) < 4.78 is 0. The second-order valence-electron chi connectivity index (χ2n) is 6.23. The van der Waals surface area contributed by atoms with Crippen molar-refractivity contribution in [3.05, 3.63) is 0 Å². The summed E-state index contributed by atoms with van der Waals surface area (Å²) in [6, 6.07) is 0. The van der Waals surface area contributed by atoms with Gasteiger partial charge in [0.1, 0.15) is 0 Å². The third kappa shape index (κ3) is 5.52. The van der Waals surface area contributed by atoms with Crippen LogP contribution in [0.1, 0.15) is 71.6 Å². The highest BCUT2D eigenvalue weighted by Crippen LogP contribution is 2.31. The van der Waals surface area contributed by atoms with E-state index in [1.807, 2.05) is 0 Å². The third-order valence-corrected chi connectivity index (χ3v) is 4.87.